The maximum absolute atomic E-state index is 12.8. The number of halogens is 2. The van der Waals surface area contributed by atoms with Gasteiger partial charge in [-0.2, -0.15) is 5.26 Å². The van der Waals surface area contributed by atoms with Crippen molar-refractivity contribution in [3.8, 4) is 6.07 Å². The Morgan fingerprint density at radius 3 is 2.59 bits per heavy atom. The summed E-state index contributed by atoms with van der Waals surface area (Å²) in [5, 5.41) is 14.0. The zero-order chi connectivity index (χ0) is 21.0. The number of nitrogens with one attached hydrogen (secondary N) is 1. The lowest BCUT2D eigenvalue weighted by atomic mass is 9.78. The van der Waals surface area contributed by atoms with Crippen molar-refractivity contribution in [3.05, 3.63) is 80.3 Å². The molecular weight excluding hydrogens is 431 g/mol. The summed E-state index contributed by atoms with van der Waals surface area (Å²) in [6, 6.07) is 16.3. The number of nitrogens with zero attached hydrogens (tertiary/aromatic N) is 1. The number of carbonyl (C=O) groups is 2. The van der Waals surface area contributed by atoms with Gasteiger partial charge in [0.05, 0.1) is 23.8 Å². The van der Waals surface area contributed by atoms with Gasteiger partial charge in [0.15, 0.2) is 0 Å². The van der Waals surface area contributed by atoms with Gasteiger partial charge >= 0.3 is 5.97 Å². The molecule has 0 aromatic heterocycles. The van der Waals surface area contributed by atoms with Crippen LogP contribution in [0.5, 0.6) is 0 Å². The molecule has 29 heavy (non-hydrogen) atoms. The van der Waals surface area contributed by atoms with Crippen LogP contribution in [0.15, 0.2) is 59.1 Å². The van der Waals surface area contributed by atoms with Crippen LogP contribution in [0.3, 0.4) is 0 Å². The van der Waals surface area contributed by atoms with Gasteiger partial charge in [-0.15, -0.1) is 11.8 Å². The minimum Gasteiger partial charge on any atom is -0.468 e. The minimum absolute atomic E-state index is 0.307. The van der Waals surface area contributed by atoms with Crippen LogP contribution in [-0.4, -0.2) is 19.0 Å². The molecule has 0 radical (unpaired) electrons. The van der Waals surface area contributed by atoms with Crippen molar-refractivity contribution in [2.45, 2.75) is 11.7 Å². The molecule has 0 saturated carbocycles. The van der Waals surface area contributed by atoms with Gasteiger partial charge < -0.3 is 10.1 Å². The summed E-state index contributed by atoms with van der Waals surface area (Å²) in [4.78, 5) is 25.1. The second-order valence-corrected chi connectivity index (χ2v) is 8.09. The summed E-state index contributed by atoms with van der Waals surface area (Å²) in [6.07, 6.45) is 0. The number of ether oxygens (including phenoxy) is 1. The largest absolute Gasteiger partial charge is 0.468 e. The highest BCUT2D eigenvalue weighted by molar-refractivity contribution is 8.02. The molecule has 0 fully saturated rings. The monoisotopic (exact) mass is 446 g/mol. The third kappa shape index (κ3) is 4.59. The van der Waals surface area contributed by atoms with Gasteiger partial charge in [0.1, 0.15) is 5.92 Å². The van der Waals surface area contributed by atoms with E-state index in [4.69, 9.17) is 27.9 Å². The van der Waals surface area contributed by atoms with E-state index in [0.717, 1.165) is 5.56 Å². The quantitative estimate of drug-likeness (QED) is 0.533. The fourth-order valence-electron chi connectivity index (χ4n) is 3.13. The standard InChI is InChI=1S/C21H16Cl2N2O3S/c1-28-21(27)18-17(12-5-3-2-4-6-12)15(10-24)20(25-19(18)26)29-11-13-7-8-14(22)9-16(13)23/h2-9,17-18H,11H2,1H3,(H,25,26)/t17-,18+/m1/s1. The van der Waals surface area contributed by atoms with E-state index in [2.05, 4.69) is 11.4 Å². The SMILES string of the molecule is COC(=O)[C@@H]1C(=O)NC(SCc2ccc(Cl)cc2Cl)=C(C#N)[C@H]1c1ccccc1. The number of rotatable bonds is 5. The van der Waals surface area contributed by atoms with Crippen molar-refractivity contribution in [1.82, 2.24) is 5.32 Å². The van der Waals surface area contributed by atoms with Crippen molar-refractivity contribution in [1.29, 1.82) is 5.26 Å². The summed E-state index contributed by atoms with van der Waals surface area (Å²) in [6.45, 7) is 0. The number of hydrogen-bond acceptors (Lipinski definition) is 5. The third-order valence-electron chi connectivity index (χ3n) is 4.53. The molecule has 1 amide bonds. The maximum Gasteiger partial charge on any atom is 0.319 e. The predicted molar refractivity (Wildman–Crippen MR) is 113 cm³/mol. The molecule has 1 N–H and O–H groups in total. The lowest BCUT2D eigenvalue weighted by molar-refractivity contribution is -0.150. The molecule has 0 saturated heterocycles. The Kier molecular flexibility index (Phi) is 6.86. The predicted octanol–water partition coefficient (Wildman–Crippen LogP) is 4.66. The molecule has 0 spiro atoms. The van der Waals surface area contributed by atoms with E-state index in [1.807, 2.05) is 6.07 Å². The zero-order valence-corrected chi connectivity index (χ0v) is 17.6. The Labute approximate surface area is 182 Å². The average Bonchev–Trinajstić information content (AvgIpc) is 2.72. The molecular formula is C21H16Cl2N2O3S. The summed E-state index contributed by atoms with van der Waals surface area (Å²) < 4.78 is 4.83. The highest BCUT2D eigenvalue weighted by atomic mass is 35.5. The molecule has 2 atom stereocenters. The molecule has 0 bridgehead atoms. The van der Waals surface area contributed by atoms with Crippen LogP contribution in [-0.2, 0) is 20.1 Å². The Balaban J connectivity index is 2.00. The van der Waals surface area contributed by atoms with Crippen molar-refractivity contribution in [2.24, 2.45) is 5.92 Å². The van der Waals surface area contributed by atoms with Gasteiger partial charge in [0.25, 0.3) is 0 Å². The molecule has 148 valence electrons. The molecule has 0 aliphatic carbocycles. The lowest BCUT2D eigenvalue weighted by Crippen LogP contribution is -2.44. The third-order valence-corrected chi connectivity index (χ3v) is 6.18. The number of esters is 1. The van der Waals surface area contributed by atoms with Crippen LogP contribution in [0, 0.1) is 17.2 Å². The van der Waals surface area contributed by atoms with Gasteiger partial charge in [0.2, 0.25) is 5.91 Å². The van der Waals surface area contributed by atoms with Crippen LogP contribution in [0.1, 0.15) is 17.0 Å². The van der Waals surface area contributed by atoms with E-state index in [0.29, 0.717) is 32.0 Å². The average molecular weight is 447 g/mol. The van der Waals surface area contributed by atoms with Gasteiger partial charge in [-0.25, -0.2) is 0 Å². The van der Waals surface area contributed by atoms with E-state index >= 15 is 0 Å². The molecule has 5 nitrogen and oxygen atoms in total. The highest BCUT2D eigenvalue weighted by Gasteiger charge is 2.44. The second kappa shape index (κ2) is 9.36. The van der Waals surface area contributed by atoms with Crippen molar-refractivity contribution in [3.63, 3.8) is 0 Å². The van der Waals surface area contributed by atoms with E-state index in [9.17, 15) is 14.9 Å². The summed E-state index contributed by atoms with van der Waals surface area (Å²) in [5.74, 6) is -2.64. The molecule has 1 aliphatic heterocycles. The molecule has 2 aromatic carbocycles. The van der Waals surface area contributed by atoms with Gasteiger partial charge in [-0.1, -0.05) is 59.6 Å². The number of methoxy groups -OCH3 is 1. The number of allylic oxidation sites excluding steroid dienone is 1. The van der Waals surface area contributed by atoms with Crippen LogP contribution >= 0.6 is 35.0 Å². The van der Waals surface area contributed by atoms with Crippen LogP contribution in [0.4, 0.5) is 0 Å². The fraction of sp³-hybridized carbons (Fsp3) is 0.190. The Morgan fingerprint density at radius 2 is 1.97 bits per heavy atom. The van der Waals surface area contributed by atoms with Crippen molar-refractivity contribution in [2.75, 3.05) is 7.11 Å². The first-order valence-corrected chi connectivity index (χ1v) is 10.3. The molecule has 1 heterocycles. The van der Waals surface area contributed by atoms with E-state index < -0.39 is 23.7 Å². The number of thioether (sulfide) groups is 1. The van der Waals surface area contributed by atoms with Crippen LogP contribution < -0.4 is 5.32 Å². The number of amides is 1. The first-order valence-electron chi connectivity index (χ1n) is 8.61. The Hall–Kier alpha value is -2.46. The summed E-state index contributed by atoms with van der Waals surface area (Å²) >= 11 is 13.4. The molecule has 1 aliphatic rings. The zero-order valence-electron chi connectivity index (χ0n) is 15.3. The fourth-order valence-corrected chi connectivity index (χ4v) is 4.74. The molecule has 8 heteroatoms. The van der Waals surface area contributed by atoms with E-state index in [1.54, 1.807) is 42.5 Å². The Morgan fingerprint density at radius 1 is 1.24 bits per heavy atom. The maximum atomic E-state index is 12.8. The smallest absolute Gasteiger partial charge is 0.319 e. The van der Waals surface area contributed by atoms with Gasteiger partial charge in [-0.3, -0.25) is 9.59 Å². The first kappa shape index (κ1) is 21.3. The Bertz CT molecular complexity index is 1020. The van der Waals surface area contributed by atoms with Crippen molar-refractivity contribution >= 4 is 46.8 Å². The molecule has 3 rings (SSSR count). The lowest BCUT2D eigenvalue weighted by Gasteiger charge is -2.31. The van der Waals surface area contributed by atoms with E-state index in [1.165, 1.54) is 18.9 Å². The minimum atomic E-state index is -1.14. The van der Waals surface area contributed by atoms with Gasteiger partial charge in [-0.05, 0) is 23.3 Å². The number of hydrogen-bond donors (Lipinski definition) is 1. The number of carbonyl (C=O) groups excluding carboxylic acids is 2. The summed E-state index contributed by atoms with van der Waals surface area (Å²) in [5.41, 5.74) is 1.81. The molecule has 2 aromatic rings. The van der Waals surface area contributed by atoms with Crippen molar-refractivity contribution < 1.29 is 14.3 Å². The second-order valence-electron chi connectivity index (χ2n) is 6.26. The topological polar surface area (TPSA) is 79.2 Å². The summed E-state index contributed by atoms with van der Waals surface area (Å²) in [7, 11) is 1.22. The highest BCUT2D eigenvalue weighted by Crippen LogP contribution is 2.41. The first-order chi connectivity index (χ1) is 14.0. The van der Waals surface area contributed by atoms with Crippen LogP contribution in [0.2, 0.25) is 10.0 Å². The number of benzene rings is 2. The van der Waals surface area contributed by atoms with Gasteiger partial charge in [0, 0.05) is 21.7 Å². The van der Waals surface area contributed by atoms with Crippen LogP contribution in [0.25, 0.3) is 0 Å². The molecule has 0 unspecified atom stereocenters. The normalized spacial score (nSPS) is 18.8. The number of nitriles is 1. The van der Waals surface area contributed by atoms with E-state index in [-0.39, 0.29) is 0 Å².